The molecular formula is C20H16O4. The number of hydrogen-bond acceptors (Lipinski definition) is 4. The molecule has 3 atom stereocenters. The van der Waals surface area contributed by atoms with E-state index in [1.807, 2.05) is 30.3 Å². The number of benzene rings is 2. The Labute approximate surface area is 139 Å². The number of fused-ring (bicyclic) bond motifs is 3. The van der Waals surface area contributed by atoms with Crippen LogP contribution in [0.3, 0.4) is 0 Å². The number of rotatable bonds is 1. The number of carbonyl (C=O) groups is 3. The van der Waals surface area contributed by atoms with E-state index in [1.54, 1.807) is 18.2 Å². The maximum Gasteiger partial charge on any atom is 0.303 e. The Balaban J connectivity index is 1.86. The van der Waals surface area contributed by atoms with Gasteiger partial charge in [0, 0.05) is 24.0 Å². The molecule has 0 amide bonds. The van der Waals surface area contributed by atoms with E-state index in [0.29, 0.717) is 17.5 Å². The lowest BCUT2D eigenvalue weighted by Gasteiger charge is -2.36. The largest absolute Gasteiger partial charge is 0.458 e. The summed E-state index contributed by atoms with van der Waals surface area (Å²) in [4.78, 5) is 37.3. The van der Waals surface area contributed by atoms with Gasteiger partial charge < -0.3 is 4.74 Å². The summed E-state index contributed by atoms with van der Waals surface area (Å²) in [5, 5.41) is 1.87. The molecule has 2 aliphatic carbocycles. The van der Waals surface area contributed by atoms with Gasteiger partial charge in [-0.2, -0.15) is 0 Å². The predicted octanol–water partition coefficient (Wildman–Crippen LogP) is 3.34. The molecule has 2 aliphatic rings. The Bertz CT molecular complexity index is 909. The van der Waals surface area contributed by atoms with E-state index in [0.717, 1.165) is 10.8 Å². The minimum atomic E-state index is -0.669. The fourth-order valence-corrected chi connectivity index (χ4v) is 3.79. The molecule has 24 heavy (non-hydrogen) atoms. The lowest BCUT2D eigenvalue weighted by Crippen LogP contribution is -2.45. The van der Waals surface area contributed by atoms with Crippen molar-refractivity contribution in [3.8, 4) is 0 Å². The van der Waals surface area contributed by atoms with Crippen molar-refractivity contribution < 1.29 is 19.1 Å². The fourth-order valence-electron chi connectivity index (χ4n) is 3.79. The molecule has 4 nitrogen and oxygen atoms in total. The summed E-state index contributed by atoms with van der Waals surface area (Å²) in [6, 6.07) is 11.3. The molecule has 0 aromatic heterocycles. The fraction of sp³-hybridized carbons (Fsp3) is 0.250. The van der Waals surface area contributed by atoms with Crippen LogP contribution in [0.4, 0.5) is 0 Å². The highest BCUT2D eigenvalue weighted by Gasteiger charge is 2.46. The molecule has 0 saturated heterocycles. The number of ketones is 2. The summed E-state index contributed by atoms with van der Waals surface area (Å²) in [5.74, 6) is -1.69. The third-order valence-electron chi connectivity index (χ3n) is 4.86. The van der Waals surface area contributed by atoms with Crippen molar-refractivity contribution in [1.82, 2.24) is 0 Å². The van der Waals surface area contributed by atoms with Gasteiger partial charge in [-0.1, -0.05) is 30.3 Å². The van der Waals surface area contributed by atoms with Gasteiger partial charge in [-0.05, 0) is 35.4 Å². The minimum Gasteiger partial charge on any atom is -0.458 e. The third-order valence-corrected chi connectivity index (χ3v) is 4.86. The summed E-state index contributed by atoms with van der Waals surface area (Å²) in [6.45, 7) is 1.31. The molecule has 4 rings (SSSR count). The van der Waals surface area contributed by atoms with Crippen molar-refractivity contribution in [1.29, 1.82) is 0 Å². The van der Waals surface area contributed by atoms with Crippen molar-refractivity contribution >= 4 is 28.3 Å². The molecule has 4 heteroatoms. The summed E-state index contributed by atoms with van der Waals surface area (Å²) >= 11 is 0. The van der Waals surface area contributed by atoms with Crippen LogP contribution in [0.25, 0.3) is 10.8 Å². The second-order valence-electron chi connectivity index (χ2n) is 6.34. The molecule has 0 aliphatic heterocycles. The number of hydrogen-bond donors (Lipinski definition) is 0. The molecule has 2 aromatic carbocycles. The van der Waals surface area contributed by atoms with Crippen LogP contribution in [0.5, 0.6) is 0 Å². The molecule has 0 fully saturated rings. The molecular weight excluding hydrogens is 304 g/mol. The molecule has 0 N–H and O–H groups in total. The molecule has 0 unspecified atom stereocenters. The first-order valence-electron chi connectivity index (χ1n) is 8.01. The van der Waals surface area contributed by atoms with E-state index < -0.39 is 23.9 Å². The second-order valence-corrected chi connectivity index (χ2v) is 6.34. The summed E-state index contributed by atoms with van der Waals surface area (Å²) in [7, 11) is 0. The lowest BCUT2D eigenvalue weighted by molar-refractivity contribution is -0.146. The maximum atomic E-state index is 13.1. The topological polar surface area (TPSA) is 60.4 Å². The normalized spacial score (nSPS) is 25.3. The van der Waals surface area contributed by atoms with Gasteiger partial charge in [0.1, 0.15) is 6.10 Å². The molecule has 0 heterocycles. The minimum absolute atomic E-state index is 0.0399. The van der Waals surface area contributed by atoms with E-state index >= 15 is 0 Å². The number of ether oxygens (including phenoxy) is 1. The average molecular weight is 320 g/mol. The zero-order valence-electron chi connectivity index (χ0n) is 13.2. The smallest absolute Gasteiger partial charge is 0.303 e. The van der Waals surface area contributed by atoms with Gasteiger partial charge in [-0.25, -0.2) is 0 Å². The number of esters is 1. The first-order valence-corrected chi connectivity index (χ1v) is 8.01. The Morgan fingerprint density at radius 2 is 1.67 bits per heavy atom. The predicted molar refractivity (Wildman–Crippen MR) is 88.9 cm³/mol. The summed E-state index contributed by atoms with van der Waals surface area (Å²) < 4.78 is 5.28. The Morgan fingerprint density at radius 1 is 1.04 bits per heavy atom. The molecule has 0 bridgehead atoms. The number of carbonyl (C=O) groups excluding carboxylic acids is 3. The van der Waals surface area contributed by atoms with Crippen LogP contribution in [0.15, 0.2) is 48.6 Å². The first kappa shape index (κ1) is 14.8. The number of Topliss-reactive ketones (excluding diaryl/α,β-unsaturated/α-hetero) is 2. The van der Waals surface area contributed by atoms with Crippen LogP contribution < -0.4 is 0 Å². The van der Waals surface area contributed by atoms with Crippen LogP contribution in [-0.4, -0.2) is 23.6 Å². The van der Waals surface area contributed by atoms with Crippen LogP contribution in [0, 0.1) is 11.8 Å². The molecule has 120 valence electrons. The highest BCUT2D eigenvalue weighted by Crippen LogP contribution is 2.39. The van der Waals surface area contributed by atoms with E-state index in [-0.39, 0.29) is 11.6 Å². The average Bonchev–Trinajstić information content (AvgIpc) is 2.58. The lowest BCUT2D eigenvalue weighted by atomic mass is 9.68. The van der Waals surface area contributed by atoms with Crippen LogP contribution in [0.2, 0.25) is 0 Å². The van der Waals surface area contributed by atoms with E-state index in [1.165, 1.54) is 6.92 Å². The maximum absolute atomic E-state index is 13.1. The SMILES string of the molecule is CC(=O)O[C@@H]1C=CC[C@@H]2C(=O)c3cc4ccccc4cc3C(=O)[C@@H]21. The van der Waals surface area contributed by atoms with E-state index in [2.05, 4.69) is 0 Å². The molecule has 0 spiro atoms. The summed E-state index contributed by atoms with van der Waals surface area (Å²) in [5.41, 5.74) is 0.921. The van der Waals surface area contributed by atoms with Gasteiger partial charge in [-0.3, -0.25) is 14.4 Å². The zero-order chi connectivity index (χ0) is 16.8. The molecule has 0 saturated carbocycles. The highest BCUT2D eigenvalue weighted by atomic mass is 16.5. The van der Waals surface area contributed by atoms with Crippen molar-refractivity contribution in [3.63, 3.8) is 0 Å². The molecule has 2 aromatic rings. The second kappa shape index (κ2) is 5.41. The Morgan fingerprint density at radius 3 is 2.29 bits per heavy atom. The van der Waals surface area contributed by atoms with Gasteiger partial charge in [0.2, 0.25) is 0 Å². The Kier molecular flexibility index (Phi) is 3.34. The zero-order valence-corrected chi connectivity index (χ0v) is 13.2. The van der Waals surface area contributed by atoms with E-state index in [9.17, 15) is 14.4 Å². The van der Waals surface area contributed by atoms with Crippen molar-refractivity contribution in [2.24, 2.45) is 11.8 Å². The quantitative estimate of drug-likeness (QED) is 0.597. The van der Waals surface area contributed by atoms with Crippen molar-refractivity contribution in [2.75, 3.05) is 0 Å². The van der Waals surface area contributed by atoms with Gasteiger partial charge in [-0.15, -0.1) is 0 Å². The monoisotopic (exact) mass is 320 g/mol. The van der Waals surface area contributed by atoms with Crippen LogP contribution in [0.1, 0.15) is 34.1 Å². The van der Waals surface area contributed by atoms with Crippen molar-refractivity contribution in [3.05, 3.63) is 59.7 Å². The van der Waals surface area contributed by atoms with Crippen molar-refractivity contribution in [2.45, 2.75) is 19.4 Å². The highest BCUT2D eigenvalue weighted by molar-refractivity contribution is 6.18. The van der Waals surface area contributed by atoms with E-state index in [4.69, 9.17) is 4.74 Å². The van der Waals surface area contributed by atoms with Gasteiger partial charge in [0.15, 0.2) is 11.6 Å². The Hall–Kier alpha value is -2.75. The molecule has 0 radical (unpaired) electrons. The van der Waals surface area contributed by atoms with Gasteiger partial charge in [0.25, 0.3) is 0 Å². The third kappa shape index (κ3) is 2.18. The van der Waals surface area contributed by atoms with Gasteiger partial charge in [0.05, 0.1) is 5.92 Å². The van der Waals surface area contributed by atoms with Crippen LogP contribution >= 0.6 is 0 Å². The first-order chi connectivity index (χ1) is 11.6. The summed E-state index contributed by atoms with van der Waals surface area (Å²) in [6.07, 6.45) is 3.38. The number of allylic oxidation sites excluding steroid dienone is 1. The standard InChI is InChI=1S/C20H16O4/c1-11(21)24-17-8-4-7-14-18(17)20(23)16-10-13-6-3-2-5-12(13)9-15(16)19(14)22/h2-6,8-10,14,17-18H,7H2,1H3/t14-,17+,18-/m0/s1. The van der Waals surface area contributed by atoms with Gasteiger partial charge >= 0.3 is 5.97 Å². The van der Waals surface area contributed by atoms with Crippen LogP contribution in [-0.2, 0) is 9.53 Å².